The average Bonchev–Trinajstić information content (AvgIpc) is 2.50. The molecule has 0 unspecified atom stereocenters. The van der Waals surface area contributed by atoms with Gasteiger partial charge in [-0.25, -0.2) is 0 Å². The number of nitrogens with zero attached hydrogens (tertiary/aromatic N) is 1. The molecule has 0 bridgehead atoms. The monoisotopic (exact) mass is 207 g/mol. The Morgan fingerprint density at radius 2 is 1.87 bits per heavy atom. The van der Waals surface area contributed by atoms with E-state index in [2.05, 4.69) is 20.4 Å². The molecule has 0 atom stereocenters. The predicted molar refractivity (Wildman–Crippen MR) is 61.3 cm³/mol. The number of amides is 1. The topological polar surface area (TPSA) is 20.3 Å². The Morgan fingerprint density at radius 1 is 1.27 bits per heavy atom. The first-order valence-corrected chi connectivity index (χ1v) is 6.04. The van der Waals surface area contributed by atoms with Crippen molar-refractivity contribution < 1.29 is 4.79 Å². The summed E-state index contributed by atoms with van der Waals surface area (Å²) in [5.74, 6) is 0.295. The Hall–Kier alpha value is -0.790. The van der Waals surface area contributed by atoms with Crippen molar-refractivity contribution in [3.8, 4) is 0 Å². The van der Waals surface area contributed by atoms with Crippen molar-refractivity contribution in [2.75, 3.05) is 0 Å². The highest BCUT2D eigenvalue weighted by molar-refractivity contribution is 5.80. The molecule has 2 aliphatic rings. The Bertz CT molecular complexity index is 267. The summed E-state index contributed by atoms with van der Waals surface area (Å²) in [5, 5.41) is 0. The van der Waals surface area contributed by atoms with Crippen LogP contribution in [0.3, 0.4) is 0 Å². The zero-order chi connectivity index (χ0) is 11.1. The molecule has 84 valence electrons. The number of hydrogen-bond acceptors (Lipinski definition) is 1. The lowest BCUT2D eigenvalue weighted by atomic mass is 9.75. The maximum absolute atomic E-state index is 12.1. The molecule has 1 saturated carbocycles. The molecule has 15 heavy (non-hydrogen) atoms. The standard InChI is InChI=1S/C13H21NO/c1-10(2)14-11(3)8-13(9-12(14)15)6-4-5-7-13/h10H,3-9H2,1-2H3. The molecule has 0 aromatic rings. The minimum Gasteiger partial charge on any atom is -0.314 e. The summed E-state index contributed by atoms with van der Waals surface area (Å²) in [6.45, 7) is 8.22. The summed E-state index contributed by atoms with van der Waals surface area (Å²) < 4.78 is 0. The number of carbonyl (C=O) groups is 1. The number of piperidine rings is 1. The maximum Gasteiger partial charge on any atom is 0.227 e. The van der Waals surface area contributed by atoms with E-state index in [0.717, 1.165) is 18.5 Å². The molecule has 2 heteroatoms. The van der Waals surface area contributed by atoms with Crippen LogP contribution < -0.4 is 0 Å². The minimum atomic E-state index is 0.267. The third-order valence-electron chi connectivity index (χ3n) is 3.90. The van der Waals surface area contributed by atoms with Gasteiger partial charge in [0.25, 0.3) is 0 Å². The van der Waals surface area contributed by atoms with Crippen LogP contribution >= 0.6 is 0 Å². The highest BCUT2D eigenvalue weighted by atomic mass is 16.2. The van der Waals surface area contributed by atoms with Gasteiger partial charge in [-0.1, -0.05) is 19.4 Å². The first-order chi connectivity index (χ1) is 7.04. The number of rotatable bonds is 1. The SMILES string of the molecule is C=C1CC2(CCCC2)CC(=O)N1C(C)C. The van der Waals surface area contributed by atoms with Crippen LogP contribution in [0.25, 0.3) is 0 Å². The van der Waals surface area contributed by atoms with E-state index in [1.165, 1.54) is 25.7 Å². The van der Waals surface area contributed by atoms with Crippen molar-refractivity contribution in [2.45, 2.75) is 58.4 Å². The van der Waals surface area contributed by atoms with Gasteiger partial charge in [0, 0.05) is 18.2 Å². The molecule has 0 aromatic heterocycles. The fourth-order valence-corrected chi connectivity index (χ4v) is 3.29. The summed E-state index contributed by atoms with van der Waals surface area (Å²) in [6, 6.07) is 0.267. The van der Waals surface area contributed by atoms with Gasteiger partial charge < -0.3 is 4.90 Å². The van der Waals surface area contributed by atoms with Crippen molar-refractivity contribution in [1.82, 2.24) is 4.90 Å². The summed E-state index contributed by atoms with van der Waals surface area (Å²) in [7, 11) is 0. The number of likely N-dealkylation sites (tertiary alicyclic amines) is 1. The van der Waals surface area contributed by atoms with Crippen molar-refractivity contribution in [3.63, 3.8) is 0 Å². The van der Waals surface area contributed by atoms with E-state index in [9.17, 15) is 4.79 Å². The molecule has 2 fully saturated rings. The van der Waals surface area contributed by atoms with Gasteiger partial charge in [0.05, 0.1) is 0 Å². The maximum atomic E-state index is 12.1. The zero-order valence-corrected chi connectivity index (χ0v) is 9.88. The first-order valence-electron chi connectivity index (χ1n) is 6.04. The second-order valence-electron chi connectivity index (χ2n) is 5.48. The van der Waals surface area contributed by atoms with Gasteiger partial charge in [-0.2, -0.15) is 0 Å². The molecule has 1 saturated heterocycles. The zero-order valence-electron chi connectivity index (χ0n) is 9.88. The van der Waals surface area contributed by atoms with Crippen molar-refractivity contribution in [2.24, 2.45) is 5.41 Å². The van der Waals surface area contributed by atoms with Gasteiger partial charge in [-0.15, -0.1) is 0 Å². The molecule has 2 nitrogen and oxygen atoms in total. The van der Waals surface area contributed by atoms with Crippen molar-refractivity contribution >= 4 is 5.91 Å². The van der Waals surface area contributed by atoms with Gasteiger partial charge in [0.1, 0.15) is 0 Å². The third kappa shape index (κ3) is 1.82. The lowest BCUT2D eigenvalue weighted by Crippen LogP contribution is -2.44. The van der Waals surface area contributed by atoms with E-state index in [4.69, 9.17) is 0 Å². The van der Waals surface area contributed by atoms with E-state index in [1.54, 1.807) is 0 Å². The molecule has 1 heterocycles. The number of hydrogen-bond donors (Lipinski definition) is 0. The van der Waals surface area contributed by atoms with Crippen LogP contribution in [-0.2, 0) is 4.79 Å². The second-order valence-corrected chi connectivity index (χ2v) is 5.48. The van der Waals surface area contributed by atoms with Crippen LogP contribution in [-0.4, -0.2) is 16.8 Å². The Balaban J connectivity index is 2.16. The molecule has 0 aromatic carbocycles. The smallest absolute Gasteiger partial charge is 0.227 e. The molecule has 1 spiro atoms. The molecule has 1 amide bonds. The van der Waals surface area contributed by atoms with E-state index >= 15 is 0 Å². The normalized spacial score (nSPS) is 25.7. The second kappa shape index (κ2) is 3.66. The highest BCUT2D eigenvalue weighted by Crippen LogP contribution is 2.49. The highest BCUT2D eigenvalue weighted by Gasteiger charge is 2.42. The van der Waals surface area contributed by atoms with Crippen LogP contribution in [0.5, 0.6) is 0 Å². The predicted octanol–water partition coefficient (Wildman–Crippen LogP) is 3.09. The molecule has 0 radical (unpaired) electrons. The largest absolute Gasteiger partial charge is 0.314 e. The molecular formula is C13H21NO. The van der Waals surface area contributed by atoms with E-state index < -0.39 is 0 Å². The fourth-order valence-electron chi connectivity index (χ4n) is 3.29. The quantitative estimate of drug-likeness (QED) is 0.647. The summed E-state index contributed by atoms with van der Waals surface area (Å²) >= 11 is 0. The van der Waals surface area contributed by atoms with Gasteiger partial charge in [0.15, 0.2) is 0 Å². The number of carbonyl (C=O) groups excluding carboxylic acids is 1. The lowest BCUT2D eigenvalue weighted by molar-refractivity contribution is -0.136. The third-order valence-corrected chi connectivity index (χ3v) is 3.90. The fraction of sp³-hybridized carbons (Fsp3) is 0.769. The Labute approximate surface area is 92.3 Å². The Morgan fingerprint density at radius 3 is 2.33 bits per heavy atom. The molecule has 2 rings (SSSR count). The average molecular weight is 207 g/mol. The van der Waals surface area contributed by atoms with Crippen LogP contribution in [0.15, 0.2) is 12.3 Å². The summed E-state index contributed by atoms with van der Waals surface area (Å²) in [5.41, 5.74) is 1.34. The lowest BCUT2D eigenvalue weighted by Gasteiger charge is -2.42. The number of allylic oxidation sites excluding steroid dienone is 1. The van der Waals surface area contributed by atoms with Crippen LogP contribution in [0, 0.1) is 5.41 Å². The molecule has 1 aliphatic carbocycles. The van der Waals surface area contributed by atoms with Crippen molar-refractivity contribution in [1.29, 1.82) is 0 Å². The van der Waals surface area contributed by atoms with E-state index in [-0.39, 0.29) is 6.04 Å². The summed E-state index contributed by atoms with van der Waals surface area (Å²) in [4.78, 5) is 14.0. The van der Waals surface area contributed by atoms with Gasteiger partial charge in [0.2, 0.25) is 5.91 Å². The minimum absolute atomic E-state index is 0.267. The molecular weight excluding hydrogens is 186 g/mol. The van der Waals surface area contributed by atoms with Gasteiger partial charge >= 0.3 is 0 Å². The van der Waals surface area contributed by atoms with Crippen molar-refractivity contribution in [3.05, 3.63) is 12.3 Å². The first kappa shape index (κ1) is 10.7. The van der Waals surface area contributed by atoms with Crippen LogP contribution in [0.4, 0.5) is 0 Å². The molecule has 1 aliphatic heterocycles. The summed E-state index contributed by atoms with van der Waals surface area (Å²) in [6.07, 6.45) is 6.83. The van der Waals surface area contributed by atoms with Crippen LogP contribution in [0.2, 0.25) is 0 Å². The van der Waals surface area contributed by atoms with E-state index in [1.807, 2.05) is 4.90 Å². The Kier molecular flexibility index (Phi) is 2.61. The van der Waals surface area contributed by atoms with E-state index in [0.29, 0.717) is 11.3 Å². The van der Waals surface area contributed by atoms with Gasteiger partial charge in [-0.05, 0) is 38.5 Å². The van der Waals surface area contributed by atoms with Crippen LogP contribution in [0.1, 0.15) is 52.4 Å². The van der Waals surface area contributed by atoms with Gasteiger partial charge in [-0.3, -0.25) is 4.79 Å². The molecule has 0 N–H and O–H groups in total.